The van der Waals surface area contributed by atoms with Crippen LogP contribution < -0.4 is 0 Å². The van der Waals surface area contributed by atoms with Crippen molar-refractivity contribution in [3.8, 4) is 0 Å². The molecule has 3 unspecified atom stereocenters. The average Bonchev–Trinajstić information content (AvgIpc) is 3.33. The van der Waals surface area contributed by atoms with E-state index in [4.69, 9.17) is 11.6 Å². The largest absolute Gasteiger partial charge is 0.343 e. The number of halogens is 1. The number of amides is 1. The van der Waals surface area contributed by atoms with E-state index in [1.54, 1.807) is 11.3 Å². The fourth-order valence-electron chi connectivity index (χ4n) is 4.88. The maximum Gasteiger partial charge on any atom is 0.222 e. The normalized spacial score (nSPS) is 31.3. The van der Waals surface area contributed by atoms with Gasteiger partial charge in [-0.1, -0.05) is 18.5 Å². The summed E-state index contributed by atoms with van der Waals surface area (Å²) in [7, 11) is 0. The first-order valence-electron chi connectivity index (χ1n) is 9.99. The van der Waals surface area contributed by atoms with Crippen LogP contribution in [0.2, 0.25) is 4.34 Å². The van der Waals surface area contributed by atoms with Gasteiger partial charge in [0.25, 0.3) is 0 Å². The Hall–Kier alpha value is -0.610. The highest BCUT2D eigenvalue weighted by Gasteiger charge is 2.36. The first kappa shape index (κ1) is 17.8. The summed E-state index contributed by atoms with van der Waals surface area (Å²) in [6.45, 7) is 4.33. The summed E-state index contributed by atoms with van der Waals surface area (Å²) in [6.07, 6.45) is 11.4. The van der Waals surface area contributed by atoms with E-state index in [1.165, 1.54) is 50.0 Å². The van der Waals surface area contributed by atoms with E-state index < -0.39 is 0 Å². The Bertz CT molecular complexity index is 607. The first-order chi connectivity index (χ1) is 12.1. The molecule has 3 aliphatic rings. The summed E-state index contributed by atoms with van der Waals surface area (Å²) in [5, 5.41) is 1.24. The van der Waals surface area contributed by atoms with E-state index in [2.05, 4.69) is 16.8 Å². The van der Waals surface area contributed by atoms with Gasteiger partial charge in [-0.2, -0.15) is 0 Å². The fourth-order valence-corrected chi connectivity index (χ4v) is 6.06. The molecule has 3 atom stereocenters. The molecule has 3 nitrogen and oxygen atoms in total. The zero-order valence-corrected chi connectivity index (χ0v) is 16.7. The van der Waals surface area contributed by atoms with Crippen LogP contribution in [0.25, 0.3) is 0 Å². The Morgan fingerprint density at radius 3 is 2.60 bits per heavy atom. The fraction of sp³-hybridized carbons (Fsp3) is 0.800. The van der Waals surface area contributed by atoms with E-state index in [9.17, 15) is 4.79 Å². The lowest BCUT2D eigenvalue weighted by Crippen LogP contribution is -2.41. The Morgan fingerprint density at radius 2 is 1.96 bits per heavy atom. The number of likely N-dealkylation sites (tertiary alicyclic amines) is 1. The van der Waals surface area contributed by atoms with Crippen molar-refractivity contribution in [3.63, 3.8) is 0 Å². The lowest BCUT2D eigenvalue weighted by Gasteiger charge is -2.41. The molecule has 5 heteroatoms. The van der Waals surface area contributed by atoms with Crippen LogP contribution in [0.4, 0.5) is 0 Å². The van der Waals surface area contributed by atoms with Gasteiger partial charge >= 0.3 is 0 Å². The number of hydrogen-bond donors (Lipinski definition) is 0. The monoisotopic (exact) mass is 380 g/mol. The number of hydrogen-bond acceptors (Lipinski definition) is 3. The Morgan fingerprint density at radius 1 is 1.20 bits per heavy atom. The number of rotatable bonds is 4. The molecule has 0 N–H and O–H groups in total. The Balaban J connectivity index is 1.32. The van der Waals surface area contributed by atoms with Crippen molar-refractivity contribution in [2.75, 3.05) is 13.1 Å². The summed E-state index contributed by atoms with van der Waals surface area (Å²) in [5.41, 5.74) is 0. The molecule has 1 aromatic heterocycles. The van der Waals surface area contributed by atoms with Crippen LogP contribution in [0.3, 0.4) is 0 Å². The molecule has 138 valence electrons. The molecule has 1 aromatic rings. The summed E-state index contributed by atoms with van der Waals surface area (Å²) in [5.74, 6) is 3.98. The van der Waals surface area contributed by atoms with Gasteiger partial charge in [-0.25, -0.2) is 4.98 Å². The molecular formula is C20H29ClN2OS. The van der Waals surface area contributed by atoms with Crippen molar-refractivity contribution >= 4 is 28.8 Å². The number of nitrogens with zero attached hydrogens (tertiary/aromatic N) is 2. The van der Waals surface area contributed by atoms with Crippen LogP contribution in [0, 0.1) is 23.7 Å². The summed E-state index contributed by atoms with van der Waals surface area (Å²) in [6, 6.07) is 0. The number of aromatic nitrogens is 1. The van der Waals surface area contributed by atoms with Crippen molar-refractivity contribution in [2.45, 2.75) is 64.2 Å². The molecular weight excluding hydrogens is 352 g/mol. The summed E-state index contributed by atoms with van der Waals surface area (Å²) >= 11 is 7.78. The zero-order valence-electron chi connectivity index (χ0n) is 15.1. The Labute approximate surface area is 160 Å². The second-order valence-electron chi connectivity index (χ2n) is 8.53. The van der Waals surface area contributed by atoms with Gasteiger partial charge in [0.05, 0.1) is 11.2 Å². The second-order valence-corrected chi connectivity index (χ2v) is 10.2. The van der Waals surface area contributed by atoms with Gasteiger partial charge in [0.2, 0.25) is 5.91 Å². The van der Waals surface area contributed by atoms with Gasteiger partial charge < -0.3 is 4.90 Å². The molecule has 1 aliphatic heterocycles. The van der Waals surface area contributed by atoms with Crippen molar-refractivity contribution in [1.29, 1.82) is 0 Å². The standard InChI is InChI=1S/C20H29ClN2OS/c1-13-2-5-16(11-17(13)20-22-12-18(21)25-20)15-6-8-23(9-7-15)19(24)10-14-3-4-14/h12-17H,2-11H2,1H3. The van der Waals surface area contributed by atoms with Crippen molar-refractivity contribution in [3.05, 3.63) is 15.5 Å². The second kappa shape index (κ2) is 7.56. The first-order valence-corrected chi connectivity index (χ1v) is 11.2. The third-order valence-electron chi connectivity index (χ3n) is 6.77. The lowest BCUT2D eigenvalue weighted by molar-refractivity contribution is -0.133. The zero-order chi connectivity index (χ0) is 17.4. The molecule has 0 radical (unpaired) electrons. The third kappa shape index (κ3) is 4.21. The Kier molecular flexibility index (Phi) is 5.38. The summed E-state index contributed by atoms with van der Waals surface area (Å²) in [4.78, 5) is 19.0. The van der Waals surface area contributed by atoms with E-state index in [0.717, 1.165) is 35.7 Å². The van der Waals surface area contributed by atoms with Gasteiger partial charge in [0.1, 0.15) is 4.34 Å². The molecule has 0 bridgehead atoms. The minimum Gasteiger partial charge on any atom is -0.343 e. The van der Waals surface area contributed by atoms with Crippen LogP contribution >= 0.6 is 22.9 Å². The molecule has 1 saturated heterocycles. The third-order valence-corrected chi connectivity index (χ3v) is 8.01. The molecule has 3 fully saturated rings. The molecule has 0 aromatic carbocycles. The lowest BCUT2D eigenvalue weighted by atomic mass is 9.68. The summed E-state index contributed by atoms with van der Waals surface area (Å²) < 4.78 is 0.812. The molecule has 2 heterocycles. The molecule has 4 rings (SSSR count). The average molecular weight is 381 g/mol. The predicted octanol–water partition coefficient (Wildman–Crippen LogP) is 5.36. The maximum atomic E-state index is 12.3. The number of carbonyl (C=O) groups excluding carboxylic acids is 1. The van der Waals surface area contributed by atoms with Crippen LogP contribution in [-0.4, -0.2) is 28.9 Å². The van der Waals surface area contributed by atoms with Crippen LogP contribution in [0.5, 0.6) is 0 Å². The molecule has 25 heavy (non-hydrogen) atoms. The van der Waals surface area contributed by atoms with Gasteiger partial charge in [-0.15, -0.1) is 11.3 Å². The smallest absolute Gasteiger partial charge is 0.222 e. The van der Waals surface area contributed by atoms with E-state index in [0.29, 0.717) is 23.7 Å². The van der Waals surface area contributed by atoms with Crippen molar-refractivity contribution in [2.24, 2.45) is 23.7 Å². The molecule has 2 saturated carbocycles. The quantitative estimate of drug-likeness (QED) is 0.704. The highest BCUT2D eigenvalue weighted by Crippen LogP contribution is 2.46. The van der Waals surface area contributed by atoms with E-state index in [1.807, 2.05) is 6.20 Å². The molecule has 1 amide bonds. The van der Waals surface area contributed by atoms with Crippen LogP contribution in [0.15, 0.2) is 6.20 Å². The van der Waals surface area contributed by atoms with Gasteiger partial charge in [0, 0.05) is 25.4 Å². The highest BCUT2D eigenvalue weighted by atomic mass is 35.5. The predicted molar refractivity (Wildman–Crippen MR) is 103 cm³/mol. The minimum atomic E-state index is 0.411. The van der Waals surface area contributed by atoms with Gasteiger partial charge in [-0.3, -0.25) is 4.79 Å². The van der Waals surface area contributed by atoms with Gasteiger partial charge in [0.15, 0.2) is 0 Å². The SMILES string of the molecule is CC1CCC(C2CCN(C(=O)CC3CC3)CC2)CC1c1ncc(Cl)s1. The van der Waals surface area contributed by atoms with Gasteiger partial charge in [-0.05, 0) is 68.6 Å². The molecule has 2 aliphatic carbocycles. The number of carbonyl (C=O) groups is 1. The van der Waals surface area contributed by atoms with Crippen molar-refractivity contribution in [1.82, 2.24) is 9.88 Å². The van der Waals surface area contributed by atoms with Crippen LogP contribution in [-0.2, 0) is 4.79 Å². The van der Waals surface area contributed by atoms with Crippen molar-refractivity contribution < 1.29 is 4.79 Å². The number of piperidine rings is 1. The highest BCUT2D eigenvalue weighted by molar-refractivity contribution is 7.15. The number of thiazole rings is 1. The maximum absolute atomic E-state index is 12.3. The van der Waals surface area contributed by atoms with E-state index >= 15 is 0 Å². The minimum absolute atomic E-state index is 0.411. The van der Waals surface area contributed by atoms with E-state index in [-0.39, 0.29) is 0 Å². The molecule has 0 spiro atoms. The van der Waals surface area contributed by atoms with Crippen LogP contribution in [0.1, 0.15) is 69.2 Å². The topological polar surface area (TPSA) is 33.2 Å².